The molecule has 0 aliphatic rings. The predicted octanol–water partition coefficient (Wildman–Crippen LogP) is 16.2. The van der Waals surface area contributed by atoms with E-state index in [1.165, 1.54) is 44.9 Å². The van der Waals surface area contributed by atoms with Gasteiger partial charge in [-0.2, -0.15) is 0 Å². The van der Waals surface area contributed by atoms with E-state index in [1.54, 1.807) is 0 Å². The Kier molecular flexibility index (Phi) is 46.7. The van der Waals surface area contributed by atoms with Crippen molar-refractivity contribution in [1.82, 2.24) is 0 Å². The van der Waals surface area contributed by atoms with E-state index < -0.39 is 6.10 Å². The van der Waals surface area contributed by atoms with Gasteiger partial charge in [-0.05, 0) is 77.0 Å². The molecular weight excluding hydrogens is 793 g/mol. The largest absolute Gasteiger partial charge is 0.462 e. The van der Waals surface area contributed by atoms with Gasteiger partial charge in [0.1, 0.15) is 13.2 Å². The molecule has 0 aliphatic heterocycles. The molecule has 0 N–H and O–H groups in total. The van der Waals surface area contributed by atoms with Crippen LogP contribution in [0.1, 0.15) is 168 Å². The quantitative estimate of drug-likeness (QED) is 0.0263. The minimum Gasteiger partial charge on any atom is -0.462 e. The van der Waals surface area contributed by atoms with Gasteiger partial charge in [0.25, 0.3) is 0 Å². The SMILES string of the molecule is CC/C=C/C=C/C=C/C=C/C=C/C=C/CCCCCC(=O)OCC(COC(=O)CCC/C=C/C=C/C=C/C=C/C=C/CC)OC(=O)CCCCC/C=C/C=C/CCCCCCCCC. The van der Waals surface area contributed by atoms with Gasteiger partial charge in [-0.1, -0.05) is 230 Å². The number of hydrogen-bond acceptors (Lipinski definition) is 6. The summed E-state index contributed by atoms with van der Waals surface area (Å²) in [5.74, 6) is -1.10. The Hall–Kier alpha value is -4.97. The van der Waals surface area contributed by atoms with Gasteiger partial charge in [-0.15, -0.1) is 0 Å². The minimum absolute atomic E-state index is 0.143. The van der Waals surface area contributed by atoms with Gasteiger partial charge < -0.3 is 14.2 Å². The molecule has 0 aromatic rings. The van der Waals surface area contributed by atoms with Crippen LogP contribution in [0.2, 0.25) is 0 Å². The minimum atomic E-state index is -0.847. The summed E-state index contributed by atoms with van der Waals surface area (Å²) in [5, 5.41) is 0. The number of unbranched alkanes of at least 4 members (excludes halogenated alkanes) is 14. The summed E-state index contributed by atoms with van der Waals surface area (Å²) in [6.45, 7) is 6.18. The summed E-state index contributed by atoms with van der Waals surface area (Å²) in [5.41, 5.74) is 0. The van der Waals surface area contributed by atoms with Crippen molar-refractivity contribution in [2.45, 2.75) is 175 Å². The van der Waals surface area contributed by atoms with Crippen molar-refractivity contribution in [2.75, 3.05) is 13.2 Å². The average Bonchev–Trinajstić information content (AvgIpc) is 3.29. The molecule has 354 valence electrons. The molecule has 0 amide bonds. The topological polar surface area (TPSA) is 78.9 Å². The molecule has 0 radical (unpaired) electrons. The number of rotatable bonds is 41. The first-order chi connectivity index (χ1) is 31.5. The maximum Gasteiger partial charge on any atom is 0.306 e. The van der Waals surface area contributed by atoms with Crippen molar-refractivity contribution in [3.63, 3.8) is 0 Å². The van der Waals surface area contributed by atoms with Crippen LogP contribution in [-0.2, 0) is 28.6 Å². The maximum atomic E-state index is 12.8. The Morgan fingerprint density at radius 3 is 1.03 bits per heavy atom. The molecule has 0 rings (SSSR count). The van der Waals surface area contributed by atoms with E-state index in [1.807, 2.05) is 115 Å². The van der Waals surface area contributed by atoms with E-state index in [0.29, 0.717) is 19.3 Å². The molecule has 0 heterocycles. The van der Waals surface area contributed by atoms with Crippen LogP contribution in [0.25, 0.3) is 0 Å². The second-order valence-corrected chi connectivity index (χ2v) is 15.6. The first-order valence-corrected chi connectivity index (χ1v) is 24.7. The van der Waals surface area contributed by atoms with Gasteiger partial charge in [0.05, 0.1) is 0 Å². The van der Waals surface area contributed by atoms with Crippen LogP contribution in [0.3, 0.4) is 0 Å². The monoisotopic (exact) mass is 879 g/mol. The van der Waals surface area contributed by atoms with Crippen LogP contribution in [0.5, 0.6) is 0 Å². The zero-order valence-corrected chi connectivity index (χ0v) is 40.2. The lowest BCUT2D eigenvalue weighted by Crippen LogP contribution is -2.30. The molecule has 0 aromatic carbocycles. The molecule has 0 saturated heterocycles. The van der Waals surface area contributed by atoms with E-state index >= 15 is 0 Å². The first-order valence-electron chi connectivity index (χ1n) is 24.7. The van der Waals surface area contributed by atoms with Crippen LogP contribution in [0.4, 0.5) is 0 Å². The Morgan fingerprint density at radius 1 is 0.328 bits per heavy atom. The Bertz CT molecular complexity index is 1520. The molecule has 0 aromatic heterocycles. The van der Waals surface area contributed by atoms with Crippen molar-refractivity contribution in [3.05, 3.63) is 158 Å². The predicted molar refractivity (Wildman–Crippen MR) is 274 cm³/mol. The van der Waals surface area contributed by atoms with Gasteiger partial charge >= 0.3 is 17.9 Å². The van der Waals surface area contributed by atoms with E-state index in [2.05, 4.69) is 63.3 Å². The highest BCUT2D eigenvalue weighted by Gasteiger charge is 2.19. The van der Waals surface area contributed by atoms with Gasteiger partial charge in [-0.25, -0.2) is 0 Å². The fraction of sp³-hybridized carbons (Fsp3) is 0.500. The fourth-order valence-electron chi connectivity index (χ4n) is 5.90. The summed E-state index contributed by atoms with van der Waals surface area (Å²) in [7, 11) is 0. The molecule has 6 heteroatoms. The fourth-order valence-corrected chi connectivity index (χ4v) is 5.90. The highest BCUT2D eigenvalue weighted by Crippen LogP contribution is 2.11. The third kappa shape index (κ3) is 48.1. The summed E-state index contributed by atoms with van der Waals surface area (Å²) in [4.78, 5) is 37.9. The van der Waals surface area contributed by atoms with Crippen molar-refractivity contribution in [1.29, 1.82) is 0 Å². The number of carbonyl (C=O) groups excluding carboxylic acids is 3. The third-order valence-corrected chi connectivity index (χ3v) is 9.56. The summed E-state index contributed by atoms with van der Waals surface area (Å²) in [6, 6.07) is 0. The molecule has 0 aliphatic carbocycles. The lowest BCUT2D eigenvalue weighted by Gasteiger charge is -2.18. The highest BCUT2D eigenvalue weighted by atomic mass is 16.6. The smallest absolute Gasteiger partial charge is 0.306 e. The molecule has 0 bridgehead atoms. The van der Waals surface area contributed by atoms with Crippen molar-refractivity contribution >= 4 is 17.9 Å². The molecule has 1 unspecified atom stereocenters. The lowest BCUT2D eigenvalue weighted by molar-refractivity contribution is -0.167. The number of allylic oxidation sites excluding steroid dienone is 26. The van der Waals surface area contributed by atoms with Crippen molar-refractivity contribution in [2.24, 2.45) is 0 Å². The number of esters is 3. The van der Waals surface area contributed by atoms with Crippen LogP contribution >= 0.6 is 0 Å². The Morgan fingerprint density at radius 2 is 0.625 bits per heavy atom. The number of ether oxygens (including phenoxy) is 3. The summed E-state index contributed by atoms with van der Waals surface area (Å²) >= 11 is 0. The average molecular weight is 879 g/mol. The molecule has 1 atom stereocenters. The first kappa shape index (κ1) is 59.0. The van der Waals surface area contributed by atoms with Crippen molar-refractivity contribution < 1.29 is 28.6 Å². The second kappa shape index (κ2) is 50.7. The normalized spacial score (nSPS) is 13.5. The van der Waals surface area contributed by atoms with Crippen LogP contribution in [0, 0.1) is 0 Å². The number of carbonyl (C=O) groups is 3. The highest BCUT2D eigenvalue weighted by molar-refractivity contribution is 5.71. The van der Waals surface area contributed by atoms with Crippen LogP contribution in [-0.4, -0.2) is 37.2 Å². The zero-order valence-electron chi connectivity index (χ0n) is 40.2. The van der Waals surface area contributed by atoms with E-state index in [-0.39, 0.29) is 50.4 Å². The summed E-state index contributed by atoms with van der Waals surface area (Å²) < 4.78 is 16.6. The molecular formula is C58H86O6. The Balaban J connectivity index is 4.66. The molecule has 0 saturated carbocycles. The van der Waals surface area contributed by atoms with Crippen LogP contribution in [0.15, 0.2) is 158 Å². The van der Waals surface area contributed by atoms with Gasteiger partial charge in [-0.3, -0.25) is 14.4 Å². The molecule has 0 fully saturated rings. The molecule has 6 nitrogen and oxygen atoms in total. The number of hydrogen-bond donors (Lipinski definition) is 0. The van der Waals surface area contributed by atoms with Gasteiger partial charge in [0.2, 0.25) is 0 Å². The summed E-state index contributed by atoms with van der Waals surface area (Å²) in [6.07, 6.45) is 73.7. The van der Waals surface area contributed by atoms with E-state index in [9.17, 15) is 14.4 Å². The second-order valence-electron chi connectivity index (χ2n) is 15.6. The lowest BCUT2D eigenvalue weighted by atomic mass is 10.1. The zero-order chi connectivity index (χ0) is 46.5. The third-order valence-electron chi connectivity index (χ3n) is 9.56. The maximum absolute atomic E-state index is 12.8. The van der Waals surface area contributed by atoms with E-state index in [0.717, 1.165) is 64.2 Å². The van der Waals surface area contributed by atoms with Gasteiger partial charge in [0.15, 0.2) is 6.10 Å². The van der Waals surface area contributed by atoms with Crippen LogP contribution < -0.4 is 0 Å². The molecule has 0 spiro atoms. The van der Waals surface area contributed by atoms with Crippen molar-refractivity contribution in [3.8, 4) is 0 Å². The van der Waals surface area contributed by atoms with Gasteiger partial charge in [0, 0.05) is 19.3 Å². The standard InChI is InChI=1S/C58H86O6/c1-4-7-10-13-16-19-22-25-27-29-31-33-36-39-42-45-48-51-57(60)63-54-55(53-62-56(59)50-47-44-41-38-35-32-24-21-18-15-12-9-6-3)64-58(61)52-49-46-43-40-37-34-30-28-26-23-20-17-14-11-8-5-2/h7,9-10,12-13,15-16,18-19,21-22,24-25,27-38,41,55H,4-6,8,11,14,17,20,23,26,39-40,42-54H2,1-3H3/b10-7+,12-9+,16-13+,18-15+,22-19+,24-21+,27-25+,30-28+,31-29+,35-32+,36-33+,37-34+,41-38+. The molecule has 64 heavy (non-hydrogen) atoms. The Labute approximate surface area is 390 Å². The van der Waals surface area contributed by atoms with E-state index in [4.69, 9.17) is 14.2 Å².